The minimum atomic E-state index is -0.177. The summed E-state index contributed by atoms with van der Waals surface area (Å²) in [5.41, 5.74) is 7.19. The van der Waals surface area contributed by atoms with E-state index in [4.69, 9.17) is 5.73 Å². The van der Waals surface area contributed by atoms with Crippen molar-refractivity contribution in [1.29, 1.82) is 0 Å². The van der Waals surface area contributed by atoms with Gasteiger partial charge in [-0.1, -0.05) is 30.3 Å². The lowest BCUT2D eigenvalue weighted by atomic mass is 10.1. The highest BCUT2D eigenvalue weighted by atomic mass is 16.1. The number of benzene rings is 1. The largest absolute Gasteiger partial charge is 0.385 e. The van der Waals surface area contributed by atoms with Crippen LogP contribution in [0.2, 0.25) is 0 Å². The maximum Gasteiger partial charge on any atom is 0.250 e. The molecule has 0 saturated carbocycles. The van der Waals surface area contributed by atoms with Crippen LogP contribution < -0.4 is 11.3 Å². The number of anilines is 1. The maximum atomic E-state index is 11.1. The number of nitrogens with two attached hydrogens (primary N) is 1. The second kappa shape index (κ2) is 3.38. The van der Waals surface area contributed by atoms with Gasteiger partial charge in [0.1, 0.15) is 5.82 Å². The molecule has 0 bridgehead atoms. The molecule has 0 aliphatic heterocycles. The van der Waals surface area contributed by atoms with Gasteiger partial charge in [-0.2, -0.15) is 0 Å². The summed E-state index contributed by atoms with van der Waals surface area (Å²) in [6.45, 7) is 0. The monoisotopic (exact) mass is 186 g/mol. The van der Waals surface area contributed by atoms with Gasteiger partial charge < -0.3 is 10.7 Å². The first-order chi connectivity index (χ1) is 6.75. The van der Waals surface area contributed by atoms with E-state index >= 15 is 0 Å². The molecule has 3 heteroatoms. The van der Waals surface area contributed by atoms with E-state index in [1.54, 1.807) is 6.07 Å². The predicted octanol–water partition coefficient (Wildman–Crippen LogP) is 1.62. The average Bonchev–Trinajstić information content (AvgIpc) is 2.18. The van der Waals surface area contributed by atoms with Gasteiger partial charge >= 0.3 is 0 Å². The fraction of sp³-hybridized carbons (Fsp3) is 0. The van der Waals surface area contributed by atoms with Gasteiger partial charge in [0.25, 0.3) is 0 Å². The zero-order valence-electron chi connectivity index (χ0n) is 7.53. The Morgan fingerprint density at radius 1 is 1.00 bits per heavy atom. The van der Waals surface area contributed by atoms with Crippen molar-refractivity contribution in [2.24, 2.45) is 0 Å². The normalized spacial score (nSPS) is 10.0. The van der Waals surface area contributed by atoms with E-state index in [1.807, 2.05) is 30.3 Å². The van der Waals surface area contributed by atoms with Crippen LogP contribution in [0.15, 0.2) is 47.3 Å². The van der Waals surface area contributed by atoms with Crippen LogP contribution >= 0.6 is 0 Å². The maximum absolute atomic E-state index is 11.1. The second-order valence-corrected chi connectivity index (χ2v) is 3.05. The van der Waals surface area contributed by atoms with E-state index in [2.05, 4.69) is 4.98 Å². The molecule has 0 aliphatic rings. The van der Waals surface area contributed by atoms with Crippen LogP contribution in [0.5, 0.6) is 0 Å². The minimum Gasteiger partial charge on any atom is -0.385 e. The third-order valence-electron chi connectivity index (χ3n) is 1.97. The summed E-state index contributed by atoms with van der Waals surface area (Å²) in [6, 6.07) is 12.9. The number of aromatic nitrogens is 1. The Morgan fingerprint density at radius 2 is 1.71 bits per heavy atom. The van der Waals surface area contributed by atoms with E-state index in [9.17, 15) is 4.79 Å². The first kappa shape index (κ1) is 8.56. The van der Waals surface area contributed by atoms with E-state index < -0.39 is 0 Å². The number of H-pyrrole nitrogens is 1. The van der Waals surface area contributed by atoms with Crippen LogP contribution in [0.1, 0.15) is 0 Å². The summed E-state index contributed by atoms with van der Waals surface area (Å²) in [5, 5.41) is 0. The van der Waals surface area contributed by atoms with E-state index in [0.29, 0.717) is 5.82 Å². The third-order valence-corrected chi connectivity index (χ3v) is 1.97. The Kier molecular flexibility index (Phi) is 2.07. The van der Waals surface area contributed by atoms with Crippen molar-refractivity contribution in [3.63, 3.8) is 0 Å². The number of hydrogen-bond acceptors (Lipinski definition) is 2. The van der Waals surface area contributed by atoms with Gasteiger partial charge in [0.05, 0.1) is 0 Å². The second-order valence-electron chi connectivity index (χ2n) is 3.05. The number of hydrogen-bond donors (Lipinski definition) is 2. The molecule has 0 unspecified atom stereocenters. The molecule has 0 atom stereocenters. The SMILES string of the molecule is Nc1cc(-c2ccccc2)cc(=O)[nH]1. The Morgan fingerprint density at radius 3 is 2.36 bits per heavy atom. The quantitative estimate of drug-likeness (QED) is 0.711. The Balaban J connectivity index is 2.58. The van der Waals surface area contributed by atoms with Crippen LogP contribution in [0.3, 0.4) is 0 Å². The molecule has 0 saturated heterocycles. The van der Waals surface area contributed by atoms with E-state index in [0.717, 1.165) is 11.1 Å². The van der Waals surface area contributed by atoms with Gasteiger partial charge in [-0.25, -0.2) is 0 Å². The number of rotatable bonds is 1. The molecular formula is C11H10N2O. The van der Waals surface area contributed by atoms with Crippen molar-refractivity contribution >= 4 is 5.82 Å². The highest BCUT2D eigenvalue weighted by Crippen LogP contribution is 2.17. The summed E-state index contributed by atoms with van der Waals surface area (Å²) >= 11 is 0. The highest BCUT2D eigenvalue weighted by molar-refractivity contribution is 5.65. The fourth-order valence-electron chi connectivity index (χ4n) is 1.36. The van der Waals surface area contributed by atoms with Gasteiger partial charge in [-0.15, -0.1) is 0 Å². The van der Waals surface area contributed by atoms with Crippen molar-refractivity contribution in [2.45, 2.75) is 0 Å². The molecule has 0 aliphatic carbocycles. The Hall–Kier alpha value is -2.03. The molecule has 3 N–H and O–H groups in total. The molecule has 2 rings (SSSR count). The van der Waals surface area contributed by atoms with Crippen molar-refractivity contribution in [3.8, 4) is 11.1 Å². The minimum absolute atomic E-state index is 0.177. The average molecular weight is 186 g/mol. The number of nitrogens with one attached hydrogen (secondary N) is 1. The summed E-state index contributed by atoms with van der Waals surface area (Å²) in [4.78, 5) is 13.7. The molecule has 1 aromatic heterocycles. The molecule has 14 heavy (non-hydrogen) atoms. The van der Waals surface area contributed by atoms with Gasteiger partial charge in [0, 0.05) is 6.07 Å². The molecule has 3 nitrogen and oxygen atoms in total. The molecule has 0 radical (unpaired) electrons. The van der Waals surface area contributed by atoms with Crippen molar-refractivity contribution in [3.05, 3.63) is 52.8 Å². The van der Waals surface area contributed by atoms with Gasteiger partial charge in [-0.05, 0) is 17.2 Å². The molecule has 0 spiro atoms. The van der Waals surface area contributed by atoms with Crippen molar-refractivity contribution < 1.29 is 0 Å². The van der Waals surface area contributed by atoms with Crippen LogP contribution in [-0.4, -0.2) is 4.98 Å². The Labute approximate surface area is 81.2 Å². The molecule has 70 valence electrons. The summed E-state index contributed by atoms with van der Waals surface area (Å²) in [6.07, 6.45) is 0. The summed E-state index contributed by atoms with van der Waals surface area (Å²) in [5.74, 6) is 0.386. The lowest BCUT2D eigenvalue weighted by Gasteiger charge is -2.01. The van der Waals surface area contributed by atoms with E-state index in [-0.39, 0.29) is 5.56 Å². The molecule has 0 fully saturated rings. The van der Waals surface area contributed by atoms with Crippen LogP contribution in [0.25, 0.3) is 11.1 Å². The first-order valence-electron chi connectivity index (χ1n) is 4.31. The number of nitrogen functional groups attached to an aromatic ring is 1. The zero-order chi connectivity index (χ0) is 9.97. The lowest BCUT2D eigenvalue weighted by molar-refractivity contribution is 1.25. The number of pyridine rings is 1. The van der Waals surface area contributed by atoms with E-state index in [1.165, 1.54) is 6.07 Å². The molecule has 2 aromatic rings. The molecule has 1 aromatic carbocycles. The third kappa shape index (κ3) is 1.66. The smallest absolute Gasteiger partial charge is 0.250 e. The number of aromatic amines is 1. The topological polar surface area (TPSA) is 58.9 Å². The first-order valence-corrected chi connectivity index (χ1v) is 4.31. The van der Waals surface area contributed by atoms with Crippen molar-refractivity contribution in [1.82, 2.24) is 4.98 Å². The highest BCUT2D eigenvalue weighted by Gasteiger charge is 1.98. The predicted molar refractivity (Wildman–Crippen MR) is 56.9 cm³/mol. The van der Waals surface area contributed by atoms with Crippen LogP contribution in [-0.2, 0) is 0 Å². The molecular weight excluding hydrogens is 176 g/mol. The standard InChI is InChI=1S/C11H10N2O/c12-10-6-9(7-11(14)13-10)8-4-2-1-3-5-8/h1-7H,(H3,12,13,14). The van der Waals surface area contributed by atoms with Crippen molar-refractivity contribution in [2.75, 3.05) is 5.73 Å². The molecule has 0 amide bonds. The Bertz CT molecular complexity index is 488. The molecule has 1 heterocycles. The van der Waals surface area contributed by atoms with Crippen LogP contribution in [0, 0.1) is 0 Å². The zero-order valence-corrected chi connectivity index (χ0v) is 7.53. The van der Waals surface area contributed by atoms with Gasteiger partial charge in [-0.3, -0.25) is 4.79 Å². The lowest BCUT2D eigenvalue weighted by Crippen LogP contribution is -2.07. The van der Waals surface area contributed by atoms with Gasteiger partial charge in [0.15, 0.2) is 0 Å². The summed E-state index contributed by atoms with van der Waals surface area (Å²) < 4.78 is 0. The fourth-order valence-corrected chi connectivity index (χ4v) is 1.36. The summed E-state index contributed by atoms with van der Waals surface area (Å²) in [7, 11) is 0. The van der Waals surface area contributed by atoms with Gasteiger partial charge in [0.2, 0.25) is 5.56 Å². The van der Waals surface area contributed by atoms with Crippen LogP contribution in [0.4, 0.5) is 5.82 Å².